The zero-order valence-corrected chi connectivity index (χ0v) is 19.4. The SMILES string of the molecule is CCCCCCCCCCCCCC/C=C/CCCO[C@@H](CO)[C@H]1OC[C@@H](O)[C@H]1O. The van der Waals surface area contributed by atoms with Crippen molar-refractivity contribution < 1.29 is 24.8 Å². The summed E-state index contributed by atoms with van der Waals surface area (Å²) >= 11 is 0. The topological polar surface area (TPSA) is 79.2 Å². The smallest absolute Gasteiger partial charge is 0.114 e. The second-order valence-electron chi connectivity index (χ2n) is 8.74. The first-order chi connectivity index (χ1) is 14.7. The zero-order valence-electron chi connectivity index (χ0n) is 19.4. The Morgan fingerprint density at radius 3 is 1.87 bits per heavy atom. The van der Waals surface area contributed by atoms with Crippen molar-refractivity contribution in [2.75, 3.05) is 19.8 Å². The predicted octanol–water partition coefficient (Wildman–Crippen LogP) is 4.91. The first-order valence-corrected chi connectivity index (χ1v) is 12.6. The van der Waals surface area contributed by atoms with Crippen LogP contribution in [-0.2, 0) is 9.47 Å². The maximum atomic E-state index is 9.83. The van der Waals surface area contributed by atoms with E-state index in [1.54, 1.807) is 0 Å². The molecule has 0 aromatic heterocycles. The second kappa shape index (κ2) is 19.2. The number of aliphatic hydroxyl groups excluding tert-OH is 3. The van der Waals surface area contributed by atoms with Crippen molar-refractivity contribution in [2.24, 2.45) is 0 Å². The van der Waals surface area contributed by atoms with Crippen LogP contribution in [-0.4, -0.2) is 59.6 Å². The molecule has 4 atom stereocenters. The quantitative estimate of drug-likeness (QED) is 0.190. The molecule has 1 rings (SSSR count). The van der Waals surface area contributed by atoms with Crippen LogP contribution in [0.3, 0.4) is 0 Å². The molecule has 0 saturated carbocycles. The molecule has 178 valence electrons. The number of rotatable bonds is 20. The number of aliphatic hydroxyl groups is 3. The highest BCUT2D eigenvalue weighted by atomic mass is 16.6. The molecule has 0 aliphatic carbocycles. The molecule has 3 N–H and O–H groups in total. The lowest BCUT2D eigenvalue weighted by atomic mass is 10.0. The van der Waals surface area contributed by atoms with Crippen LogP contribution in [0.1, 0.15) is 103 Å². The van der Waals surface area contributed by atoms with Crippen molar-refractivity contribution in [2.45, 2.75) is 128 Å². The fourth-order valence-electron chi connectivity index (χ4n) is 3.98. The third-order valence-electron chi connectivity index (χ3n) is 5.97. The molecule has 30 heavy (non-hydrogen) atoms. The third-order valence-corrected chi connectivity index (χ3v) is 5.97. The molecule has 0 amide bonds. The molecule has 1 heterocycles. The van der Waals surface area contributed by atoms with Gasteiger partial charge in [-0.05, 0) is 25.7 Å². The van der Waals surface area contributed by atoms with Crippen molar-refractivity contribution in [3.8, 4) is 0 Å². The van der Waals surface area contributed by atoms with Crippen molar-refractivity contribution >= 4 is 0 Å². The van der Waals surface area contributed by atoms with Gasteiger partial charge in [-0.3, -0.25) is 0 Å². The van der Waals surface area contributed by atoms with Gasteiger partial charge >= 0.3 is 0 Å². The molecule has 0 bridgehead atoms. The Bertz CT molecular complexity index is 401. The summed E-state index contributed by atoms with van der Waals surface area (Å²) in [5.41, 5.74) is 0. The second-order valence-corrected chi connectivity index (χ2v) is 8.74. The van der Waals surface area contributed by atoms with Gasteiger partial charge in [-0.15, -0.1) is 0 Å². The highest BCUT2D eigenvalue weighted by Crippen LogP contribution is 2.19. The molecule has 0 unspecified atom stereocenters. The summed E-state index contributed by atoms with van der Waals surface area (Å²) in [6, 6.07) is 0. The maximum absolute atomic E-state index is 9.83. The van der Waals surface area contributed by atoms with Gasteiger partial charge in [0, 0.05) is 6.61 Å². The Kier molecular flexibility index (Phi) is 17.7. The molecule has 1 saturated heterocycles. The van der Waals surface area contributed by atoms with Gasteiger partial charge in [-0.1, -0.05) is 89.7 Å². The van der Waals surface area contributed by atoms with E-state index in [2.05, 4.69) is 19.1 Å². The lowest BCUT2D eigenvalue weighted by molar-refractivity contribution is -0.101. The summed E-state index contributed by atoms with van der Waals surface area (Å²) in [5, 5.41) is 28.8. The van der Waals surface area contributed by atoms with Crippen LogP contribution in [0.4, 0.5) is 0 Å². The van der Waals surface area contributed by atoms with E-state index in [1.807, 2.05) is 0 Å². The normalized spacial score (nSPS) is 22.9. The summed E-state index contributed by atoms with van der Waals surface area (Å²) in [7, 11) is 0. The largest absolute Gasteiger partial charge is 0.394 e. The van der Waals surface area contributed by atoms with Crippen molar-refractivity contribution in [3.05, 3.63) is 12.2 Å². The van der Waals surface area contributed by atoms with Gasteiger partial charge in [0.25, 0.3) is 0 Å². The van der Waals surface area contributed by atoms with E-state index < -0.39 is 24.4 Å². The number of ether oxygens (including phenoxy) is 2. The predicted molar refractivity (Wildman–Crippen MR) is 123 cm³/mol. The number of allylic oxidation sites excluding steroid dienone is 2. The Hall–Kier alpha value is -0.460. The molecular formula is C25H48O5. The molecule has 1 aliphatic rings. The minimum absolute atomic E-state index is 0.0908. The Morgan fingerprint density at radius 1 is 0.833 bits per heavy atom. The molecule has 5 heteroatoms. The van der Waals surface area contributed by atoms with Crippen molar-refractivity contribution in [1.82, 2.24) is 0 Å². The summed E-state index contributed by atoms with van der Waals surface area (Å²) < 4.78 is 11.0. The van der Waals surface area contributed by atoms with Gasteiger partial charge in [-0.25, -0.2) is 0 Å². The number of hydrogen-bond donors (Lipinski definition) is 3. The molecule has 0 radical (unpaired) electrons. The fourth-order valence-corrected chi connectivity index (χ4v) is 3.98. The minimum atomic E-state index is -0.988. The summed E-state index contributed by atoms with van der Waals surface area (Å²) in [6.45, 7) is 2.65. The van der Waals surface area contributed by atoms with Gasteiger partial charge in [0.1, 0.15) is 24.4 Å². The molecule has 1 fully saturated rings. The van der Waals surface area contributed by atoms with Gasteiger partial charge in [0.2, 0.25) is 0 Å². The van der Waals surface area contributed by atoms with Crippen LogP contribution in [0.5, 0.6) is 0 Å². The van der Waals surface area contributed by atoms with Gasteiger partial charge in [0.05, 0.1) is 13.2 Å². The Morgan fingerprint density at radius 2 is 1.37 bits per heavy atom. The minimum Gasteiger partial charge on any atom is -0.394 e. The van der Waals surface area contributed by atoms with E-state index in [9.17, 15) is 15.3 Å². The molecule has 0 spiro atoms. The van der Waals surface area contributed by atoms with Crippen LogP contribution < -0.4 is 0 Å². The van der Waals surface area contributed by atoms with Crippen molar-refractivity contribution in [3.63, 3.8) is 0 Å². The van der Waals surface area contributed by atoms with E-state index in [0.717, 1.165) is 19.3 Å². The Balaban J connectivity index is 1.85. The number of unbranched alkanes of at least 4 members (excludes halogenated alkanes) is 13. The zero-order chi connectivity index (χ0) is 21.9. The van der Waals surface area contributed by atoms with Crippen LogP contribution in [0.25, 0.3) is 0 Å². The lowest BCUT2D eigenvalue weighted by Gasteiger charge is -2.24. The average molecular weight is 429 g/mol. The van der Waals surface area contributed by atoms with Gasteiger partial charge < -0.3 is 24.8 Å². The van der Waals surface area contributed by atoms with Gasteiger partial charge in [-0.2, -0.15) is 0 Å². The van der Waals surface area contributed by atoms with E-state index in [-0.39, 0.29) is 13.2 Å². The van der Waals surface area contributed by atoms with Crippen LogP contribution in [0.15, 0.2) is 12.2 Å². The first-order valence-electron chi connectivity index (χ1n) is 12.6. The molecular weight excluding hydrogens is 380 g/mol. The third kappa shape index (κ3) is 13.1. The maximum Gasteiger partial charge on any atom is 0.114 e. The van der Waals surface area contributed by atoms with Crippen molar-refractivity contribution in [1.29, 1.82) is 0 Å². The van der Waals surface area contributed by atoms with E-state index >= 15 is 0 Å². The Labute approximate surface area is 184 Å². The molecule has 1 aliphatic heterocycles. The molecule has 0 aromatic rings. The standard InChI is InChI=1S/C25H48O5/c1-2-3-4-5-6-7-8-9-10-11-12-13-14-15-16-17-18-19-29-23(20-26)25-24(28)22(27)21-30-25/h15-16,22-28H,2-14,17-21H2,1H3/b16-15+/t22-,23+,24-,25-/m1/s1. The lowest BCUT2D eigenvalue weighted by Crippen LogP contribution is -2.42. The van der Waals surface area contributed by atoms with Crippen LogP contribution in [0, 0.1) is 0 Å². The van der Waals surface area contributed by atoms with E-state index in [4.69, 9.17) is 9.47 Å². The van der Waals surface area contributed by atoms with E-state index in [1.165, 1.54) is 77.0 Å². The fraction of sp³-hybridized carbons (Fsp3) is 0.920. The summed E-state index contributed by atoms with van der Waals surface area (Å²) in [6.07, 6.45) is 20.9. The summed E-state index contributed by atoms with van der Waals surface area (Å²) in [4.78, 5) is 0. The highest BCUT2D eigenvalue weighted by Gasteiger charge is 2.40. The van der Waals surface area contributed by atoms with Gasteiger partial charge in [0.15, 0.2) is 0 Å². The monoisotopic (exact) mass is 428 g/mol. The van der Waals surface area contributed by atoms with Crippen LogP contribution in [0.2, 0.25) is 0 Å². The number of hydrogen-bond acceptors (Lipinski definition) is 5. The summed E-state index contributed by atoms with van der Waals surface area (Å²) in [5.74, 6) is 0. The highest BCUT2D eigenvalue weighted by molar-refractivity contribution is 4.88. The average Bonchev–Trinajstić information content (AvgIpc) is 3.08. The molecule has 0 aromatic carbocycles. The van der Waals surface area contributed by atoms with E-state index in [0.29, 0.717) is 6.61 Å². The molecule has 5 nitrogen and oxygen atoms in total. The van der Waals surface area contributed by atoms with Crippen LogP contribution >= 0.6 is 0 Å². The first kappa shape index (κ1) is 27.6.